The first-order valence-corrected chi connectivity index (χ1v) is 5.39. The van der Waals surface area contributed by atoms with Crippen LogP contribution in [0.15, 0.2) is 24.3 Å². The zero-order valence-corrected chi connectivity index (χ0v) is 9.66. The monoisotopic (exact) mass is 216 g/mol. The van der Waals surface area contributed by atoms with Gasteiger partial charge in [-0.05, 0) is 31.2 Å². The lowest BCUT2D eigenvalue weighted by molar-refractivity contribution is 0.418. The predicted octanol–water partition coefficient (Wildman–Crippen LogP) is 2.05. The fourth-order valence-electron chi connectivity index (χ4n) is 1.83. The summed E-state index contributed by atoms with van der Waals surface area (Å²) in [6.45, 7) is 2.69. The van der Waals surface area contributed by atoms with Crippen LogP contribution in [0.4, 0.5) is 0 Å². The zero-order valence-electron chi connectivity index (χ0n) is 9.66. The zero-order chi connectivity index (χ0) is 11.5. The third-order valence-electron chi connectivity index (χ3n) is 2.72. The average molecular weight is 216 g/mol. The van der Waals surface area contributed by atoms with Gasteiger partial charge >= 0.3 is 0 Å². The number of nitrogens with two attached hydrogens (primary N) is 1. The summed E-state index contributed by atoms with van der Waals surface area (Å²) in [5, 5.41) is 1.14. The van der Waals surface area contributed by atoms with Gasteiger partial charge in [-0.3, -0.25) is 0 Å². The third-order valence-corrected chi connectivity index (χ3v) is 2.72. The average Bonchev–Trinajstić information content (AvgIpc) is 2.30. The van der Waals surface area contributed by atoms with Crippen LogP contribution in [0.25, 0.3) is 10.9 Å². The molecule has 0 saturated heterocycles. The Bertz CT molecular complexity index is 509. The number of aryl methyl sites for hydroxylation is 1. The molecule has 0 unspecified atom stereocenters. The van der Waals surface area contributed by atoms with Crippen LogP contribution in [0, 0.1) is 6.92 Å². The van der Waals surface area contributed by atoms with E-state index in [1.807, 2.05) is 18.2 Å². The smallest absolute Gasteiger partial charge is 0.145 e. The molecule has 0 aliphatic carbocycles. The Morgan fingerprint density at radius 1 is 1.25 bits per heavy atom. The van der Waals surface area contributed by atoms with Crippen molar-refractivity contribution in [2.45, 2.75) is 13.3 Å². The van der Waals surface area contributed by atoms with Crippen molar-refractivity contribution in [2.24, 2.45) is 5.73 Å². The minimum atomic E-state index is 0.618. The number of aromatic nitrogens is 1. The Hall–Kier alpha value is -1.61. The maximum atomic E-state index is 5.53. The molecule has 0 saturated carbocycles. The Morgan fingerprint density at radius 2 is 2.06 bits per heavy atom. The summed E-state index contributed by atoms with van der Waals surface area (Å²) in [6.07, 6.45) is 0.799. The van der Waals surface area contributed by atoms with Gasteiger partial charge in [-0.25, -0.2) is 4.98 Å². The summed E-state index contributed by atoms with van der Waals surface area (Å²) >= 11 is 0. The Balaban J connectivity index is 2.64. The molecule has 0 aliphatic rings. The number of rotatable bonds is 3. The van der Waals surface area contributed by atoms with Crippen molar-refractivity contribution < 1.29 is 4.74 Å². The molecule has 0 spiro atoms. The molecule has 0 aliphatic heterocycles. The number of hydrogen-bond acceptors (Lipinski definition) is 3. The highest BCUT2D eigenvalue weighted by atomic mass is 16.5. The molecule has 84 valence electrons. The topological polar surface area (TPSA) is 48.1 Å². The van der Waals surface area contributed by atoms with Crippen molar-refractivity contribution in [1.29, 1.82) is 0 Å². The molecular weight excluding hydrogens is 200 g/mol. The normalized spacial score (nSPS) is 10.7. The molecule has 2 rings (SSSR count). The number of methoxy groups -OCH3 is 1. The molecule has 3 heteroatoms. The standard InChI is InChI=1S/C13H16N2O/c1-9-3-6-12(16-2)13-11(9)5-4-10(15-13)7-8-14/h3-6H,7-8,14H2,1-2H3. The van der Waals surface area contributed by atoms with Gasteiger partial charge in [-0.15, -0.1) is 0 Å². The van der Waals surface area contributed by atoms with Gasteiger partial charge in [0.05, 0.1) is 7.11 Å². The van der Waals surface area contributed by atoms with E-state index < -0.39 is 0 Å². The second kappa shape index (κ2) is 4.49. The van der Waals surface area contributed by atoms with Crippen molar-refractivity contribution in [3.8, 4) is 5.75 Å². The van der Waals surface area contributed by atoms with Gasteiger partial charge in [0.15, 0.2) is 0 Å². The van der Waals surface area contributed by atoms with Crippen molar-refractivity contribution >= 4 is 10.9 Å². The van der Waals surface area contributed by atoms with E-state index in [0.29, 0.717) is 6.54 Å². The molecule has 0 bridgehead atoms. The molecule has 1 aromatic carbocycles. The van der Waals surface area contributed by atoms with Crippen LogP contribution in [0.3, 0.4) is 0 Å². The van der Waals surface area contributed by atoms with Gasteiger partial charge in [-0.1, -0.05) is 12.1 Å². The van der Waals surface area contributed by atoms with Gasteiger partial charge in [-0.2, -0.15) is 0 Å². The fourth-order valence-corrected chi connectivity index (χ4v) is 1.83. The SMILES string of the molecule is COc1ccc(C)c2ccc(CCN)nc12. The number of pyridine rings is 1. The molecule has 1 heterocycles. The summed E-state index contributed by atoms with van der Waals surface area (Å²) in [6, 6.07) is 8.12. The van der Waals surface area contributed by atoms with Gasteiger partial charge < -0.3 is 10.5 Å². The molecule has 16 heavy (non-hydrogen) atoms. The van der Waals surface area contributed by atoms with Gasteiger partial charge in [0.1, 0.15) is 11.3 Å². The van der Waals surface area contributed by atoms with E-state index in [0.717, 1.165) is 28.8 Å². The van der Waals surface area contributed by atoms with Gasteiger partial charge in [0, 0.05) is 17.5 Å². The minimum Gasteiger partial charge on any atom is -0.494 e. The van der Waals surface area contributed by atoms with Crippen LogP contribution in [0.1, 0.15) is 11.3 Å². The van der Waals surface area contributed by atoms with Crippen LogP contribution in [-0.2, 0) is 6.42 Å². The second-order valence-electron chi connectivity index (χ2n) is 3.82. The first-order valence-electron chi connectivity index (χ1n) is 5.39. The number of nitrogens with zero attached hydrogens (tertiary/aromatic N) is 1. The van der Waals surface area contributed by atoms with Crippen LogP contribution >= 0.6 is 0 Å². The largest absolute Gasteiger partial charge is 0.494 e. The Morgan fingerprint density at radius 3 is 2.75 bits per heavy atom. The number of benzene rings is 1. The summed E-state index contributed by atoms with van der Waals surface area (Å²) in [7, 11) is 1.67. The first-order chi connectivity index (χ1) is 7.76. The molecule has 1 aromatic heterocycles. The van der Waals surface area contributed by atoms with E-state index in [4.69, 9.17) is 10.5 Å². The molecule has 0 radical (unpaired) electrons. The van der Waals surface area contributed by atoms with E-state index in [-0.39, 0.29) is 0 Å². The van der Waals surface area contributed by atoms with E-state index in [2.05, 4.69) is 18.0 Å². The van der Waals surface area contributed by atoms with Gasteiger partial charge in [0.25, 0.3) is 0 Å². The van der Waals surface area contributed by atoms with Crippen molar-refractivity contribution in [2.75, 3.05) is 13.7 Å². The highest BCUT2D eigenvalue weighted by Gasteiger charge is 2.06. The van der Waals surface area contributed by atoms with E-state index in [1.54, 1.807) is 7.11 Å². The number of hydrogen-bond donors (Lipinski definition) is 1. The molecule has 0 atom stereocenters. The lowest BCUT2D eigenvalue weighted by atomic mass is 10.1. The molecule has 2 N–H and O–H groups in total. The van der Waals surface area contributed by atoms with E-state index >= 15 is 0 Å². The highest BCUT2D eigenvalue weighted by molar-refractivity contribution is 5.87. The van der Waals surface area contributed by atoms with Crippen LogP contribution < -0.4 is 10.5 Å². The number of fused-ring (bicyclic) bond motifs is 1. The van der Waals surface area contributed by atoms with Crippen molar-refractivity contribution in [1.82, 2.24) is 4.98 Å². The highest BCUT2D eigenvalue weighted by Crippen LogP contribution is 2.26. The lowest BCUT2D eigenvalue weighted by Crippen LogP contribution is -2.04. The maximum Gasteiger partial charge on any atom is 0.145 e. The summed E-state index contributed by atoms with van der Waals surface area (Å²) in [5.74, 6) is 0.819. The Kier molecular flexibility index (Phi) is 3.06. The summed E-state index contributed by atoms with van der Waals surface area (Å²) < 4.78 is 5.32. The lowest BCUT2D eigenvalue weighted by Gasteiger charge is -2.08. The summed E-state index contributed by atoms with van der Waals surface area (Å²) in [4.78, 5) is 4.59. The van der Waals surface area contributed by atoms with Gasteiger partial charge in [0.2, 0.25) is 0 Å². The van der Waals surface area contributed by atoms with Crippen LogP contribution in [0.2, 0.25) is 0 Å². The molecule has 0 amide bonds. The Labute approximate surface area is 95.2 Å². The molecule has 3 nitrogen and oxygen atoms in total. The maximum absolute atomic E-state index is 5.53. The fraction of sp³-hybridized carbons (Fsp3) is 0.308. The van der Waals surface area contributed by atoms with Crippen molar-refractivity contribution in [3.05, 3.63) is 35.5 Å². The molecule has 0 fully saturated rings. The van der Waals surface area contributed by atoms with Crippen LogP contribution in [-0.4, -0.2) is 18.6 Å². The minimum absolute atomic E-state index is 0.618. The van der Waals surface area contributed by atoms with Crippen molar-refractivity contribution in [3.63, 3.8) is 0 Å². The predicted molar refractivity (Wildman–Crippen MR) is 65.8 cm³/mol. The summed E-state index contributed by atoms with van der Waals surface area (Å²) in [5.41, 5.74) is 8.68. The number of ether oxygens (including phenoxy) is 1. The first kappa shape index (κ1) is 10.9. The third kappa shape index (κ3) is 1.86. The molecular formula is C13H16N2O. The quantitative estimate of drug-likeness (QED) is 0.854. The second-order valence-corrected chi connectivity index (χ2v) is 3.82. The van der Waals surface area contributed by atoms with E-state index in [1.165, 1.54) is 5.56 Å². The van der Waals surface area contributed by atoms with E-state index in [9.17, 15) is 0 Å². The molecule has 2 aromatic rings. The van der Waals surface area contributed by atoms with Crippen LogP contribution in [0.5, 0.6) is 5.75 Å².